The third-order valence-electron chi connectivity index (χ3n) is 1.67. The standard InChI is InChI=1S/C10H12N2O2/c1-11-10(13)9(12-14-2)8-6-4-3-5-7-8/h3-7H,1-2H3,(H,11,13). The van der Waals surface area contributed by atoms with Crippen molar-refractivity contribution in [3.05, 3.63) is 35.9 Å². The van der Waals surface area contributed by atoms with E-state index in [0.29, 0.717) is 0 Å². The highest BCUT2D eigenvalue weighted by Gasteiger charge is 2.12. The molecule has 0 radical (unpaired) electrons. The zero-order valence-electron chi connectivity index (χ0n) is 8.15. The Hall–Kier alpha value is -1.84. The molecule has 0 saturated heterocycles. The van der Waals surface area contributed by atoms with Crippen LogP contribution in [0.5, 0.6) is 0 Å². The van der Waals surface area contributed by atoms with Gasteiger partial charge in [0, 0.05) is 12.6 Å². The lowest BCUT2D eigenvalue weighted by Crippen LogP contribution is -2.28. The summed E-state index contributed by atoms with van der Waals surface area (Å²) in [5.41, 5.74) is 1.00. The van der Waals surface area contributed by atoms with E-state index in [9.17, 15) is 4.79 Å². The molecule has 0 aliphatic heterocycles. The van der Waals surface area contributed by atoms with Crippen molar-refractivity contribution >= 4 is 11.6 Å². The van der Waals surface area contributed by atoms with Crippen molar-refractivity contribution < 1.29 is 9.63 Å². The third kappa shape index (κ3) is 2.32. The first kappa shape index (κ1) is 10.2. The molecule has 14 heavy (non-hydrogen) atoms. The molecule has 0 aromatic heterocycles. The topological polar surface area (TPSA) is 50.7 Å². The van der Waals surface area contributed by atoms with Crippen LogP contribution in [0.3, 0.4) is 0 Å². The summed E-state index contributed by atoms with van der Waals surface area (Å²) in [5.74, 6) is -0.266. The second-order valence-corrected chi connectivity index (χ2v) is 2.57. The van der Waals surface area contributed by atoms with E-state index in [0.717, 1.165) is 5.56 Å². The van der Waals surface area contributed by atoms with Gasteiger partial charge in [-0.15, -0.1) is 0 Å². The van der Waals surface area contributed by atoms with E-state index < -0.39 is 0 Å². The Morgan fingerprint density at radius 2 is 2.00 bits per heavy atom. The van der Waals surface area contributed by atoms with Crippen LogP contribution < -0.4 is 5.32 Å². The molecule has 1 rings (SSSR count). The lowest BCUT2D eigenvalue weighted by atomic mass is 10.1. The summed E-state index contributed by atoms with van der Waals surface area (Å²) in [6.45, 7) is 0. The number of likely N-dealkylation sites (N-methyl/N-ethyl adjacent to an activating group) is 1. The van der Waals surface area contributed by atoms with Crippen LogP contribution in [-0.2, 0) is 9.63 Å². The number of rotatable bonds is 3. The number of hydrogen-bond donors (Lipinski definition) is 1. The van der Waals surface area contributed by atoms with Crippen molar-refractivity contribution in [3.8, 4) is 0 Å². The number of oxime groups is 1. The fourth-order valence-corrected chi connectivity index (χ4v) is 1.03. The summed E-state index contributed by atoms with van der Waals surface area (Å²) in [5, 5.41) is 6.17. The van der Waals surface area contributed by atoms with Gasteiger partial charge in [-0.3, -0.25) is 4.79 Å². The molecule has 0 spiro atoms. The molecular formula is C10H12N2O2. The first-order valence-corrected chi connectivity index (χ1v) is 4.18. The molecule has 0 bridgehead atoms. The second kappa shape index (κ2) is 5.01. The summed E-state index contributed by atoms with van der Waals surface area (Å²) in [6, 6.07) is 9.14. The van der Waals surface area contributed by atoms with Gasteiger partial charge in [0.2, 0.25) is 0 Å². The van der Waals surface area contributed by atoms with Gasteiger partial charge < -0.3 is 10.2 Å². The minimum atomic E-state index is -0.266. The highest BCUT2D eigenvalue weighted by Crippen LogP contribution is 2.01. The number of benzene rings is 1. The maximum Gasteiger partial charge on any atom is 0.273 e. The van der Waals surface area contributed by atoms with E-state index in [1.807, 2.05) is 18.2 Å². The van der Waals surface area contributed by atoms with Crippen molar-refractivity contribution in [1.29, 1.82) is 0 Å². The largest absolute Gasteiger partial charge is 0.398 e. The average Bonchev–Trinajstić information content (AvgIpc) is 2.26. The Labute approximate surface area is 82.6 Å². The van der Waals surface area contributed by atoms with E-state index in [1.165, 1.54) is 7.11 Å². The Morgan fingerprint density at radius 3 is 2.50 bits per heavy atom. The summed E-state index contributed by atoms with van der Waals surface area (Å²) < 4.78 is 0. The minimum absolute atomic E-state index is 0.266. The molecule has 1 aromatic rings. The predicted molar refractivity (Wildman–Crippen MR) is 54.1 cm³/mol. The molecule has 1 amide bonds. The molecule has 0 saturated carbocycles. The summed E-state index contributed by atoms with van der Waals surface area (Å²) >= 11 is 0. The number of nitrogens with one attached hydrogen (secondary N) is 1. The smallest absolute Gasteiger partial charge is 0.273 e. The van der Waals surface area contributed by atoms with E-state index >= 15 is 0 Å². The fraction of sp³-hybridized carbons (Fsp3) is 0.200. The van der Waals surface area contributed by atoms with Crippen LogP contribution in [0.15, 0.2) is 35.5 Å². The highest BCUT2D eigenvalue weighted by molar-refractivity contribution is 6.45. The lowest BCUT2D eigenvalue weighted by molar-refractivity contribution is -0.114. The Bertz CT molecular complexity index is 333. The summed E-state index contributed by atoms with van der Waals surface area (Å²) in [7, 11) is 2.96. The van der Waals surface area contributed by atoms with Crippen molar-refractivity contribution in [2.24, 2.45) is 5.16 Å². The maximum absolute atomic E-state index is 11.4. The summed E-state index contributed by atoms with van der Waals surface area (Å²) in [4.78, 5) is 16.0. The minimum Gasteiger partial charge on any atom is -0.398 e. The Kier molecular flexibility index (Phi) is 3.67. The zero-order valence-corrected chi connectivity index (χ0v) is 8.15. The van der Waals surface area contributed by atoms with Crippen molar-refractivity contribution in [2.45, 2.75) is 0 Å². The van der Waals surface area contributed by atoms with Gasteiger partial charge in [-0.05, 0) is 0 Å². The molecule has 74 valence electrons. The number of amides is 1. The first-order chi connectivity index (χ1) is 6.79. The van der Waals surface area contributed by atoms with Gasteiger partial charge in [0.25, 0.3) is 5.91 Å². The third-order valence-corrected chi connectivity index (χ3v) is 1.67. The molecule has 4 nitrogen and oxygen atoms in total. The van der Waals surface area contributed by atoms with Gasteiger partial charge in [-0.1, -0.05) is 35.5 Å². The SMILES string of the molecule is CNC(=O)C(=NOC)c1ccccc1. The lowest BCUT2D eigenvalue weighted by Gasteiger charge is -2.03. The van der Waals surface area contributed by atoms with Gasteiger partial charge in [-0.25, -0.2) is 0 Å². The van der Waals surface area contributed by atoms with Crippen molar-refractivity contribution in [1.82, 2.24) is 5.32 Å². The molecule has 0 aliphatic rings. The summed E-state index contributed by atoms with van der Waals surface area (Å²) in [6.07, 6.45) is 0. The number of nitrogens with zero attached hydrogens (tertiary/aromatic N) is 1. The monoisotopic (exact) mass is 192 g/mol. The van der Waals surface area contributed by atoms with Gasteiger partial charge in [0.15, 0.2) is 5.71 Å². The molecular weight excluding hydrogens is 180 g/mol. The number of carbonyl (C=O) groups excluding carboxylic acids is 1. The number of carbonyl (C=O) groups is 1. The van der Waals surface area contributed by atoms with Crippen molar-refractivity contribution in [3.63, 3.8) is 0 Å². The molecule has 4 heteroatoms. The van der Waals surface area contributed by atoms with E-state index in [4.69, 9.17) is 0 Å². The molecule has 1 aromatic carbocycles. The quantitative estimate of drug-likeness (QED) is 0.568. The van der Waals surface area contributed by atoms with Crippen LogP contribution in [0.2, 0.25) is 0 Å². The van der Waals surface area contributed by atoms with Crippen LogP contribution in [0, 0.1) is 0 Å². The van der Waals surface area contributed by atoms with Gasteiger partial charge in [-0.2, -0.15) is 0 Å². The predicted octanol–water partition coefficient (Wildman–Crippen LogP) is 0.783. The normalized spacial score (nSPS) is 10.9. The van der Waals surface area contributed by atoms with E-state index in [-0.39, 0.29) is 11.6 Å². The maximum atomic E-state index is 11.4. The van der Waals surface area contributed by atoms with Gasteiger partial charge >= 0.3 is 0 Å². The zero-order chi connectivity index (χ0) is 10.4. The second-order valence-electron chi connectivity index (χ2n) is 2.57. The molecule has 0 fully saturated rings. The van der Waals surface area contributed by atoms with Crippen LogP contribution in [0.25, 0.3) is 0 Å². The fourth-order valence-electron chi connectivity index (χ4n) is 1.03. The van der Waals surface area contributed by atoms with Crippen LogP contribution in [-0.4, -0.2) is 25.8 Å². The molecule has 0 atom stereocenters. The number of hydrogen-bond acceptors (Lipinski definition) is 3. The van der Waals surface area contributed by atoms with Crippen LogP contribution >= 0.6 is 0 Å². The average molecular weight is 192 g/mol. The highest BCUT2D eigenvalue weighted by atomic mass is 16.6. The first-order valence-electron chi connectivity index (χ1n) is 4.18. The van der Waals surface area contributed by atoms with E-state index in [2.05, 4.69) is 15.3 Å². The molecule has 0 aliphatic carbocycles. The van der Waals surface area contributed by atoms with E-state index in [1.54, 1.807) is 19.2 Å². The molecule has 1 N–H and O–H groups in total. The van der Waals surface area contributed by atoms with Crippen molar-refractivity contribution in [2.75, 3.05) is 14.2 Å². The Morgan fingerprint density at radius 1 is 1.36 bits per heavy atom. The van der Waals surface area contributed by atoms with Crippen LogP contribution in [0.4, 0.5) is 0 Å². The Balaban J connectivity index is 3.02. The van der Waals surface area contributed by atoms with Gasteiger partial charge in [0.1, 0.15) is 7.11 Å². The van der Waals surface area contributed by atoms with Crippen LogP contribution in [0.1, 0.15) is 5.56 Å². The van der Waals surface area contributed by atoms with Gasteiger partial charge in [0.05, 0.1) is 0 Å². The molecule has 0 heterocycles. The molecule has 0 unspecified atom stereocenters.